The van der Waals surface area contributed by atoms with Crippen molar-refractivity contribution in [3.63, 3.8) is 0 Å². The number of aliphatic imine (C=N–C) groups is 1. The number of nitrogens with zero attached hydrogens (tertiary/aromatic N) is 2. The molecule has 0 aliphatic carbocycles. The average Bonchev–Trinajstić information content (AvgIpc) is 2.84. The van der Waals surface area contributed by atoms with Crippen molar-refractivity contribution in [1.82, 2.24) is 0 Å². The van der Waals surface area contributed by atoms with Crippen LogP contribution in [0.5, 0.6) is 5.75 Å². The number of hydrogen-bond acceptors (Lipinski definition) is 5. The summed E-state index contributed by atoms with van der Waals surface area (Å²) in [4.78, 5) is 18.8. The minimum Gasteiger partial charge on any atom is -0.482 e. The second-order valence-electron chi connectivity index (χ2n) is 7.38. The van der Waals surface area contributed by atoms with Gasteiger partial charge < -0.3 is 19.7 Å². The van der Waals surface area contributed by atoms with Crippen molar-refractivity contribution in [1.29, 1.82) is 0 Å². The number of rotatable bonds is 7. The Morgan fingerprint density at radius 3 is 2.61 bits per heavy atom. The monoisotopic (exact) mass is 467 g/mol. The smallest absolute Gasteiger partial charge is 0.262 e. The molecule has 1 aliphatic rings. The van der Waals surface area contributed by atoms with Gasteiger partial charge in [-0.2, -0.15) is 0 Å². The first-order valence-corrected chi connectivity index (χ1v) is 10.9. The number of amides is 1. The molecule has 6 nitrogen and oxygen atoms in total. The third-order valence-electron chi connectivity index (χ3n) is 5.05. The SMILES string of the molecule is O=C(COc1ccc(C=Nc2ccc(N3CCOCC3)cc2)cc1Cl)Nc1ccccc1F. The molecule has 0 saturated carbocycles. The van der Waals surface area contributed by atoms with E-state index in [4.69, 9.17) is 21.1 Å². The molecule has 1 amide bonds. The number of carbonyl (C=O) groups is 1. The molecule has 0 aromatic heterocycles. The Hall–Kier alpha value is -3.42. The minimum absolute atomic E-state index is 0.0988. The molecule has 1 aliphatic heterocycles. The van der Waals surface area contributed by atoms with E-state index >= 15 is 0 Å². The van der Waals surface area contributed by atoms with Gasteiger partial charge in [-0.3, -0.25) is 9.79 Å². The summed E-state index contributed by atoms with van der Waals surface area (Å²) < 4.78 is 24.5. The predicted molar refractivity (Wildman–Crippen MR) is 129 cm³/mol. The molecule has 0 unspecified atom stereocenters. The molecule has 8 heteroatoms. The van der Waals surface area contributed by atoms with Gasteiger partial charge in [-0.15, -0.1) is 0 Å². The normalized spacial score (nSPS) is 13.8. The van der Waals surface area contributed by atoms with E-state index in [1.54, 1.807) is 36.5 Å². The van der Waals surface area contributed by atoms with Crippen molar-refractivity contribution in [3.05, 3.63) is 83.1 Å². The number of para-hydroxylation sites is 1. The van der Waals surface area contributed by atoms with Crippen molar-refractivity contribution in [2.24, 2.45) is 4.99 Å². The fourth-order valence-electron chi connectivity index (χ4n) is 3.33. The lowest BCUT2D eigenvalue weighted by Crippen LogP contribution is -2.36. The fourth-order valence-corrected chi connectivity index (χ4v) is 3.57. The lowest BCUT2D eigenvalue weighted by Gasteiger charge is -2.28. The summed E-state index contributed by atoms with van der Waals surface area (Å²) in [5.41, 5.74) is 2.87. The Labute approximate surface area is 196 Å². The van der Waals surface area contributed by atoms with Gasteiger partial charge in [-0.05, 0) is 60.2 Å². The lowest BCUT2D eigenvalue weighted by atomic mass is 10.2. The lowest BCUT2D eigenvalue weighted by molar-refractivity contribution is -0.118. The summed E-state index contributed by atoms with van der Waals surface area (Å²) in [5.74, 6) is -0.641. The molecular weight excluding hydrogens is 445 g/mol. The molecule has 0 radical (unpaired) electrons. The van der Waals surface area contributed by atoms with E-state index < -0.39 is 11.7 Å². The fraction of sp³-hybridized carbons (Fsp3) is 0.200. The standard InChI is InChI=1S/C25H23ClFN3O3/c26-21-15-18(16-28-19-6-8-20(9-7-19)30-11-13-32-14-12-30)5-10-24(21)33-17-25(31)29-23-4-2-1-3-22(23)27/h1-10,15-16H,11-14,17H2,(H,29,31). The van der Waals surface area contributed by atoms with E-state index in [9.17, 15) is 9.18 Å². The van der Waals surface area contributed by atoms with Crippen LogP contribution >= 0.6 is 11.6 Å². The first-order valence-electron chi connectivity index (χ1n) is 10.5. The number of morpholine rings is 1. The van der Waals surface area contributed by atoms with Gasteiger partial charge in [0.05, 0.1) is 29.6 Å². The summed E-state index contributed by atoms with van der Waals surface area (Å²) in [6.07, 6.45) is 1.71. The molecule has 1 N–H and O–H groups in total. The van der Waals surface area contributed by atoms with E-state index in [2.05, 4.69) is 15.2 Å². The Kier molecular flexibility index (Phi) is 7.55. The highest BCUT2D eigenvalue weighted by Crippen LogP contribution is 2.26. The molecule has 1 saturated heterocycles. The molecule has 0 atom stereocenters. The minimum atomic E-state index is -0.511. The third kappa shape index (κ3) is 6.31. The molecule has 0 spiro atoms. The molecule has 0 bridgehead atoms. The third-order valence-corrected chi connectivity index (χ3v) is 5.35. The van der Waals surface area contributed by atoms with E-state index in [-0.39, 0.29) is 12.3 Å². The zero-order valence-corrected chi connectivity index (χ0v) is 18.6. The number of anilines is 2. The van der Waals surface area contributed by atoms with Crippen molar-refractivity contribution in [2.75, 3.05) is 43.1 Å². The Morgan fingerprint density at radius 1 is 1.12 bits per heavy atom. The molecule has 170 valence electrons. The van der Waals surface area contributed by atoms with Crippen LogP contribution in [0.2, 0.25) is 5.02 Å². The van der Waals surface area contributed by atoms with Crippen molar-refractivity contribution in [2.45, 2.75) is 0 Å². The van der Waals surface area contributed by atoms with Crippen LogP contribution in [0.4, 0.5) is 21.5 Å². The molecule has 3 aromatic carbocycles. The number of hydrogen-bond donors (Lipinski definition) is 1. The van der Waals surface area contributed by atoms with E-state index in [0.29, 0.717) is 10.8 Å². The van der Waals surface area contributed by atoms with Gasteiger partial charge in [0, 0.05) is 25.0 Å². The number of halogens is 2. The van der Waals surface area contributed by atoms with Crippen LogP contribution in [-0.4, -0.2) is 45.0 Å². The zero-order valence-electron chi connectivity index (χ0n) is 17.8. The highest BCUT2D eigenvalue weighted by atomic mass is 35.5. The van der Waals surface area contributed by atoms with Crippen LogP contribution in [0.15, 0.2) is 71.7 Å². The molecule has 1 heterocycles. The second kappa shape index (κ2) is 10.9. The van der Waals surface area contributed by atoms with Crippen LogP contribution in [0.25, 0.3) is 0 Å². The van der Waals surface area contributed by atoms with Crippen LogP contribution in [0.3, 0.4) is 0 Å². The number of benzene rings is 3. The molecular formula is C25H23ClFN3O3. The van der Waals surface area contributed by atoms with Gasteiger partial charge >= 0.3 is 0 Å². The van der Waals surface area contributed by atoms with Gasteiger partial charge in [-0.25, -0.2) is 4.39 Å². The summed E-state index contributed by atoms with van der Waals surface area (Å²) in [7, 11) is 0. The van der Waals surface area contributed by atoms with E-state index in [1.807, 2.05) is 24.3 Å². The largest absolute Gasteiger partial charge is 0.482 e. The van der Waals surface area contributed by atoms with Crippen molar-refractivity contribution in [3.8, 4) is 5.75 Å². The summed E-state index contributed by atoms with van der Waals surface area (Å²) in [5, 5.41) is 2.81. The van der Waals surface area contributed by atoms with Crippen LogP contribution in [0, 0.1) is 5.82 Å². The van der Waals surface area contributed by atoms with Gasteiger partial charge in [0.15, 0.2) is 6.61 Å². The Bertz CT molecular complexity index is 1130. The highest BCUT2D eigenvalue weighted by Gasteiger charge is 2.11. The number of nitrogens with one attached hydrogen (secondary N) is 1. The molecule has 4 rings (SSSR count). The summed E-state index contributed by atoms with van der Waals surface area (Å²) in [6, 6.07) is 19.1. The maximum Gasteiger partial charge on any atom is 0.262 e. The zero-order chi connectivity index (χ0) is 23.0. The van der Waals surface area contributed by atoms with E-state index in [1.165, 1.54) is 12.1 Å². The maximum atomic E-state index is 13.6. The predicted octanol–water partition coefficient (Wildman–Crippen LogP) is 5.08. The Morgan fingerprint density at radius 2 is 1.88 bits per heavy atom. The Balaban J connectivity index is 1.32. The average molecular weight is 468 g/mol. The van der Waals surface area contributed by atoms with Gasteiger partial charge in [0.2, 0.25) is 0 Å². The maximum absolute atomic E-state index is 13.6. The van der Waals surface area contributed by atoms with Crippen molar-refractivity contribution >= 4 is 40.8 Å². The summed E-state index contributed by atoms with van der Waals surface area (Å²) >= 11 is 6.29. The molecule has 33 heavy (non-hydrogen) atoms. The first kappa shape index (κ1) is 22.8. The van der Waals surface area contributed by atoms with Crippen LogP contribution in [0.1, 0.15) is 5.56 Å². The van der Waals surface area contributed by atoms with E-state index in [0.717, 1.165) is 43.2 Å². The van der Waals surface area contributed by atoms with Gasteiger partial charge in [0.1, 0.15) is 11.6 Å². The van der Waals surface area contributed by atoms with Crippen molar-refractivity contribution < 1.29 is 18.7 Å². The van der Waals surface area contributed by atoms with Gasteiger partial charge in [-0.1, -0.05) is 23.7 Å². The highest BCUT2D eigenvalue weighted by molar-refractivity contribution is 6.32. The number of ether oxygens (including phenoxy) is 2. The topological polar surface area (TPSA) is 63.2 Å². The second-order valence-corrected chi connectivity index (χ2v) is 7.79. The van der Waals surface area contributed by atoms with Crippen LogP contribution in [-0.2, 0) is 9.53 Å². The first-order chi connectivity index (χ1) is 16.1. The van der Waals surface area contributed by atoms with Gasteiger partial charge in [0.25, 0.3) is 5.91 Å². The molecule has 3 aromatic rings. The number of carbonyl (C=O) groups excluding carboxylic acids is 1. The quantitative estimate of drug-likeness (QED) is 0.492. The molecule has 1 fully saturated rings. The van der Waals surface area contributed by atoms with Crippen LogP contribution < -0.4 is 15.0 Å². The summed E-state index contributed by atoms with van der Waals surface area (Å²) in [6.45, 7) is 2.98.